The smallest absolute Gasteiger partial charge is 0.185 e. The molecule has 5 heteroatoms. The highest BCUT2D eigenvalue weighted by molar-refractivity contribution is 5.85. The minimum Gasteiger partial charge on any atom is -0.453 e. The number of benzene rings is 2. The summed E-state index contributed by atoms with van der Waals surface area (Å²) in [4.78, 5) is 16.0. The van der Waals surface area contributed by atoms with Crippen LogP contribution in [0.25, 0.3) is 21.9 Å². The number of hydrogen-bond donors (Lipinski definition) is 1. The molecule has 2 aromatic carbocycles. The van der Waals surface area contributed by atoms with Gasteiger partial charge in [-0.3, -0.25) is 9.69 Å². The van der Waals surface area contributed by atoms with Crippen LogP contribution in [0.4, 0.5) is 4.39 Å². The van der Waals surface area contributed by atoms with Gasteiger partial charge in [0.05, 0.1) is 0 Å². The molecule has 4 nitrogen and oxygen atoms in total. The first-order chi connectivity index (χ1) is 14.3. The Hall–Kier alpha value is -2.92. The van der Waals surface area contributed by atoms with Crippen molar-refractivity contribution in [2.75, 3.05) is 6.54 Å². The lowest BCUT2D eigenvalue weighted by Gasteiger charge is -2.36. The standard InChI is InChI=1S/C16H21FN2.C9H6O2/c1-11-8-13-12-6-4-5-7-14(12)18-15(13)9-19(11)10-16(2,3)17;10-6-8-5-7-3-1-2-4-9(7)11-8/h4-7,11,18H,8-10H2,1-3H3;1-6H. The average molecular weight is 407 g/mol. The van der Waals surface area contributed by atoms with Crippen LogP contribution in [-0.4, -0.2) is 34.4 Å². The minimum atomic E-state index is -1.14. The molecule has 1 aliphatic rings. The van der Waals surface area contributed by atoms with Gasteiger partial charge in [-0.15, -0.1) is 0 Å². The van der Waals surface area contributed by atoms with Gasteiger partial charge >= 0.3 is 0 Å². The second-order valence-electron chi connectivity index (χ2n) is 8.61. The molecule has 156 valence electrons. The van der Waals surface area contributed by atoms with E-state index in [1.807, 2.05) is 24.3 Å². The third-order valence-electron chi connectivity index (χ3n) is 5.53. The fraction of sp³-hybridized carbons (Fsp3) is 0.320. The lowest BCUT2D eigenvalue weighted by Crippen LogP contribution is -2.44. The number of carbonyl (C=O) groups excluding carboxylic acids is 1. The number of halogens is 1. The van der Waals surface area contributed by atoms with E-state index >= 15 is 0 Å². The van der Waals surface area contributed by atoms with Gasteiger partial charge in [-0.25, -0.2) is 4.39 Å². The summed E-state index contributed by atoms with van der Waals surface area (Å²) in [5.74, 6) is 0.381. The maximum absolute atomic E-state index is 13.9. The number of carbonyl (C=O) groups is 1. The minimum absolute atomic E-state index is 0.381. The van der Waals surface area contributed by atoms with Crippen molar-refractivity contribution in [1.82, 2.24) is 9.88 Å². The van der Waals surface area contributed by atoms with E-state index in [2.05, 4.69) is 41.1 Å². The molecule has 0 bridgehead atoms. The van der Waals surface area contributed by atoms with Gasteiger partial charge in [0, 0.05) is 41.1 Å². The summed E-state index contributed by atoms with van der Waals surface area (Å²) in [5, 5.41) is 2.29. The van der Waals surface area contributed by atoms with Gasteiger partial charge in [-0.05, 0) is 51.0 Å². The van der Waals surface area contributed by atoms with Crippen LogP contribution < -0.4 is 0 Å². The maximum Gasteiger partial charge on any atom is 0.185 e. The van der Waals surface area contributed by atoms with Crippen molar-refractivity contribution in [2.45, 2.75) is 45.4 Å². The number of furan rings is 1. The lowest BCUT2D eigenvalue weighted by molar-refractivity contribution is 0.0853. The van der Waals surface area contributed by atoms with E-state index in [1.165, 1.54) is 22.2 Å². The van der Waals surface area contributed by atoms with Gasteiger partial charge in [0.25, 0.3) is 0 Å². The quantitative estimate of drug-likeness (QED) is 0.431. The van der Waals surface area contributed by atoms with E-state index in [4.69, 9.17) is 4.42 Å². The van der Waals surface area contributed by atoms with Crippen LogP contribution in [0.1, 0.15) is 42.6 Å². The van der Waals surface area contributed by atoms with Gasteiger partial charge in [0.15, 0.2) is 12.0 Å². The number of nitrogens with one attached hydrogen (secondary N) is 1. The molecule has 2 aromatic heterocycles. The van der Waals surface area contributed by atoms with Crippen LogP contribution in [-0.2, 0) is 13.0 Å². The van der Waals surface area contributed by atoms with Crippen molar-refractivity contribution in [3.8, 4) is 0 Å². The molecule has 0 saturated heterocycles. The number of alkyl halides is 1. The fourth-order valence-corrected chi connectivity index (χ4v) is 4.16. The highest BCUT2D eigenvalue weighted by Crippen LogP contribution is 2.31. The van der Waals surface area contributed by atoms with Gasteiger partial charge in [-0.1, -0.05) is 36.4 Å². The molecule has 0 aliphatic carbocycles. The molecule has 0 saturated carbocycles. The number of nitrogens with zero attached hydrogens (tertiary/aromatic N) is 1. The first-order valence-electron chi connectivity index (χ1n) is 10.3. The molecule has 1 aliphatic heterocycles. The monoisotopic (exact) mass is 406 g/mol. The Balaban J connectivity index is 0.000000168. The van der Waals surface area contributed by atoms with Crippen molar-refractivity contribution in [3.05, 3.63) is 71.6 Å². The van der Waals surface area contributed by atoms with Crippen molar-refractivity contribution >= 4 is 28.2 Å². The van der Waals surface area contributed by atoms with Crippen LogP contribution in [0.3, 0.4) is 0 Å². The highest BCUT2D eigenvalue weighted by Gasteiger charge is 2.30. The van der Waals surface area contributed by atoms with Crippen molar-refractivity contribution in [2.24, 2.45) is 0 Å². The predicted molar refractivity (Wildman–Crippen MR) is 119 cm³/mol. The number of aromatic nitrogens is 1. The number of aromatic amines is 1. The van der Waals surface area contributed by atoms with Crippen LogP contribution in [0.15, 0.2) is 59.0 Å². The second-order valence-corrected chi connectivity index (χ2v) is 8.61. The highest BCUT2D eigenvalue weighted by atomic mass is 19.1. The van der Waals surface area contributed by atoms with E-state index in [9.17, 15) is 9.18 Å². The zero-order chi connectivity index (χ0) is 21.3. The average Bonchev–Trinajstić information content (AvgIpc) is 3.28. The van der Waals surface area contributed by atoms with E-state index in [-0.39, 0.29) is 0 Å². The summed E-state index contributed by atoms with van der Waals surface area (Å²) in [6.07, 6.45) is 1.70. The number of H-pyrrole nitrogens is 1. The zero-order valence-corrected chi connectivity index (χ0v) is 17.6. The van der Waals surface area contributed by atoms with Crippen molar-refractivity contribution in [1.29, 1.82) is 0 Å². The summed E-state index contributed by atoms with van der Waals surface area (Å²) in [5.41, 5.74) is 3.48. The molecule has 3 heterocycles. The molecule has 4 aromatic rings. The third kappa shape index (κ3) is 4.31. The molecule has 1 atom stereocenters. The Bertz CT molecular complexity index is 1140. The predicted octanol–water partition coefficient (Wildman–Crippen LogP) is 5.91. The van der Waals surface area contributed by atoms with Crippen LogP contribution in [0, 0.1) is 0 Å². The number of para-hydroxylation sites is 2. The molecule has 0 amide bonds. The van der Waals surface area contributed by atoms with Crippen molar-refractivity contribution < 1.29 is 13.6 Å². The molecular formula is C25H27FN2O2. The number of hydrogen-bond acceptors (Lipinski definition) is 3. The number of fused-ring (bicyclic) bond motifs is 4. The largest absolute Gasteiger partial charge is 0.453 e. The van der Waals surface area contributed by atoms with Gasteiger partial charge < -0.3 is 9.40 Å². The molecule has 1 unspecified atom stereocenters. The van der Waals surface area contributed by atoms with Crippen molar-refractivity contribution in [3.63, 3.8) is 0 Å². The first-order valence-corrected chi connectivity index (χ1v) is 10.3. The van der Waals surface area contributed by atoms with Gasteiger partial charge in [0.2, 0.25) is 0 Å². The summed E-state index contributed by atoms with van der Waals surface area (Å²) in [7, 11) is 0. The van der Waals surface area contributed by atoms with Crippen LogP contribution >= 0.6 is 0 Å². The van der Waals surface area contributed by atoms with E-state index in [0.717, 1.165) is 23.9 Å². The normalized spacial score (nSPS) is 16.9. The topological polar surface area (TPSA) is 49.2 Å². The van der Waals surface area contributed by atoms with Gasteiger partial charge in [0.1, 0.15) is 11.3 Å². The third-order valence-corrected chi connectivity index (χ3v) is 5.53. The molecule has 1 N–H and O–H groups in total. The summed E-state index contributed by atoms with van der Waals surface area (Å²) in [6, 6.07) is 18.1. The van der Waals surface area contributed by atoms with E-state index in [1.54, 1.807) is 19.9 Å². The molecular weight excluding hydrogens is 379 g/mol. The number of rotatable bonds is 3. The summed E-state index contributed by atoms with van der Waals surface area (Å²) >= 11 is 0. The lowest BCUT2D eigenvalue weighted by atomic mass is 9.96. The summed E-state index contributed by atoms with van der Waals surface area (Å²) in [6.45, 7) is 6.80. The SMILES string of the molecule is CC1Cc2c([nH]c3ccccc23)CN1CC(C)(C)F.O=Cc1cc2ccccc2o1. The Morgan fingerprint density at radius 2 is 1.93 bits per heavy atom. The van der Waals surface area contributed by atoms with E-state index in [0.29, 0.717) is 24.6 Å². The van der Waals surface area contributed by atoms with Crippen LogP contribution in [0.2, 0.25) is 0 Å². The van der Waals surface area contributed by atoms with Gasteiger partial charge in [-0.2, -0.15) is 0 Å². The Morgan fingerprint density at radius 1 is 1.20 bits per heavy atom. The molecule has 0 fully saturated rings. The van der Waals surface area contributed by atoms with E-state index < -0.39 is 5.67 Å². The van der Waals surface area contributed by atoms with Crippen LogP contribution in [0.5, 0.6) is 0 Å². The molecule has 5 rings (SSSR count). The Morgan fingerprint density at radius 3 is 2.67 bits per heavy atom. The summed E-state index contributed by atoms with van der Waals surface area (Å²) < 4.78 is 19.0. The first kappa shape index (κ1) is 20.4. The maximum atomic E-state index is 13.9. The molecule has 30 heavy (non-hydrogen) atoms. The zero-order valence-electron chi connectivity index (χ0n) is 17.6. The Labute approximate surface area is 175 Å². The molecule has 0 radical (unpaired) electrons. The number of aldehydes is 1. The Kier molecular flexibility index (Phi) is 5.48. The molecule has 0 spiro atoms. The fourth-order valence-electron chi connectivity index (χ4n) is 4.16. The second kappa shape index (κ2) is 8.07.